The third-order valence-electron chi connectivity index (χ3n) is 4.90. The number of amides is 1. The van der Waals surface area contributed by atoms with Crippen molar-refractivity contribution in [3.05, 3.63) is 63.3 Å². The van der Waals surface area contributed by atoms with Gasteiger partial charge in [0.2, 0.25) is 5.88 Å². The predicted molar refractivity (Wildman–Crippen MR) is 105 cm³/mol. The molecule has 0 radical (unpaired) electrons. The average molecular weight is 438 g/mol. The van der Waals surface area contributed by atoms with Gasteiger partial charge in [0.1, 0.15) is 11.3 Å². The van der Waals surface area contributed by atoms with E-state index < -0.39 is 23.4 Å². The van der Waals surface area contributed by atoms with Gasteiger partial charge in [-0.2, -0.15) is 0 Å². The second-order valence-corrected chi connectivity index (χ2v) is 7.80. The van der Waals surface area contributed by atoms with Gasteiger partial charge < -0.3 is 10.0 Å². The third kappa shape index (κ3) is 3.97. The van der Waals surface area contributed by atoms with Gasteiger partial charge in [-0.05, 0) is 43.0 Å². The van der Waals surface area contributed by atoms with Crippen molar-refractivity contribution in [1.29, 1.82) is 0 Å². The number of hydrogen-bond donors (Lipinski definition) is 1. The topological polar surface area (TPSA) is 66.3 Å². The number of rotatable bonds is 3. The van der Waals surface area contributed by atoms with Crippen LogP contribution >= 0.6 is 23.2 Å². The highest BCUT2D eigenvalue weighted by Crippen LogP contribution is 2.28. The largest absolute Gasteiger partial charge is 0.492 e. The fourth-order valence-corrected chi connectivity index (χ4v) is 4.24. The summed E-state index contributed by atoms with van der Waals surface area (Å²) >= 11 is 12.1. The Labute approximate surface area is 174 Å². The van der Waals surface area contributed by atoms with Crippen LogP contribution in [0.15, 0.2) is 30.3 Å². The van der Waals surface area contributed by atoms with Crippen molar-refractivity contribution < 1.29 is 18.7 Å². The first-order valence-corrected chi connectivity index (χ1v) is 9.69. The summed E-state index contributed by atoms with van der Waals surface area (Å²) in [6, 6.07) is 6.66. The maximum absolute atomic E-state index is 13.9. The minimum absolute atomic E-state index is 0.138. The van der Waals surface area contributed by atoms with Gasteiger partial charge in [0.25, 0.3) is 5.91 Å². The summed E-state index contributed by atoms with van der Waals surface area (Å²) in [5, 5.41) is 11.2. The lowest BCUT2D eigenvalue weighted by Crippen LogP contribution is -2.37. The zero-order valence-corrected chi connectivity index (χ0v) is 16.5. The van der Waals surface area contributed by atoms with Crippen LogP contribution in [0.2, 0.25) is 10.0 Å². The van der Waals surface area contributed by atoms with E-state index in [1.165, 1.54) is 0 Å². The van der Waals surface area contributed by atoms with Crippen molar-refractivity contribution in [2.24, 2.45) is 0 Å². The highest BCUT2D eigenvalue weighted by Gasteiger charge is 2.32. The third-order valence-corrected chi connectivity index (χ3v) is 5.34. The summed E-state index contributed by atoms with van der Waals surface area (Å²) < 4.78 is 27.4. The first-order chi connectivity index (χ1) is 13.8. The molecular formula is C20H15Cl2F2N3O2. The Morgan fingerprint density at radius 3 is 2.59 bits per heavy atom. The molecular weight excluding hydrogens is 423 g/mol. The predicted octanol–water partition coefficient (Wildman–Crippen LogP) is 4.77. The van der Waals surface area contributed by atoms with E-state index in [0.29, 0.717) is 29.1 Å². The van der Waals surface area contributed by atoms with Crippen LogP contribution in [0.5, 0.6) is 5.88 Å². The molecule has 1 atom stereocenters. The van der Waals surface area contributed by atoms with Gasteiger partial charge in [-0.15, -0.1) is 0 Å². The van der Waals surface area contributed by atoms with E-state index in [-0.39, 0.29) is 22.8 Å². The van der Waals surface area contributed by atoms with Crippen LogP contribution in [-0.4, -0.2) is 38.5 Å². The summed E-state index contributed by atoms with van der Waals surface area (Å²) in [6.07, 6.45) is 2.05. The molecule has 0 bridgehead atoms. The van der Waals surface area contributed by atoms with Crippen LogP contribution in [0.25, 0.3) is 11.0 Å². The van der Waals surface area contributed by atoms with Gasteiger partial charge in [-0.1, -0.05) is 23.2 Å². The number of fused-ring (bicyclic) bond motifs is 1. The summed E-state index contributed by atoms with van der Waals surface area (Å²) in [7, 11) is 0. The smallest absolute Gasteiger partial charge is 0.278 e. The summed E-state index contributed by atoms with van der Waals surface area (Å²) in [5.41, 5.74) is 0.108. The number of aromatic nitrogens is 2. The molecule has 9 heteroatoms. The summed E-state index contributed by atoms with van der Waals surface area (Å²) in [6.45, 7) is 0.467. The van der Waals surface area contributed by atoms with Gasteiger partial charge in [-0.25, -0.2) is 18.7 Å². The SMILES string of the molecule is O=C(c1nc2cc(F)cc(F)c2nc1O)N1CCC[C@H]1Cc1cc(Cl)cc(Cl)c1. The Bertz CT molecular complexity index is 1110. The highest BCUT2D eigenvalue weighted by molar-refractivity contribution is 6.34. The van der Waals surface area contributed by atoms with E-state index in [1.807, 2.05) is 0 Å². The quantitative estimate of drug-likeness (QED) is 0.640. The first-order valence-electron chi connectivity index (χ1n) is 8.93. The number of benzene rings is 2. The molecule has 1 fully saturated rings. The maximum Gasteiger partial charge on any atom is 0.278 e. The van der Waals surface area contributed by atoms with Crippen LogP contribution in [0.1, 0.15) is 28.9 Å². The van der Waals surface area contributed by atoms with Crippen LogP contribution in [0, 0.1) is 11.6 Å². The van der Waals surface area contributed by atoms with Crippen LogP contribution < -0.4 is 0 Å². The second kappa shape index (κ2) is 7.72. The summed E-state index contributed by atoms with van der Waals surface area (Å²) in [5.74, 6) is -3.04. The highest BCUT2D eigenvalue weighted by atomic mass is 35.5. The standard InChI is InChI=1S/C20H15Cl2F2N3O2/c21-11-4-10(5-12(22)7-11)6-14-2-1-3-27(14)20(29)18-19(28)26-17-15(24)8-13(23)9-16(17)25-18/h4-5,7-9,14H,1-3,6H2,(H,26,28)/t14-/m0/s1. The molecule has 1 aliphatic rings. The van der Waals surface area contributed by atoms with Crippen molar-refractivity contribution in [3.63, 3.8) is 0 Å². The summed E-state index contributed by atoms with van der Waals surface area (Å²) in [4.78, 5) is 22.3. The molecule has 4 rings (SSSR count). The number of carbonyl (C=O) groups is 1. The lowest BCUT2D eigenvalue weighted by Gasteiger charge is -2.25. The molecule has 0 spiro atoms. The van der Waals surface area contributed by atoms with Gasteiger partial charge >= 0.3 is 0 Å². The Balaban J connectivity index is 1.65. The molecule has 0 unspecified atom stereocenters. The molecule has 29 heavy (non-hydrogen) atoms. The number of likely N-dealkylation sites (tertiary alicyclic amines) is 1. The molecule has 1 saturated heterocycles. The van der Waals surface area contributed by atoms with Crippen LogP contribution in [0.3, 0.4) is 0 Å². The molecule has 0 saturated carbocycles. The monoisotopic (exact) mass is 437 g/mol. The van der Waals surface area contributed by atoms with Crippen LogP contribution in [0.4, 0.5) is 8.78 Å². The molecule has 2 heterocycles. The van der Waals surface area contributed by atoms with Gasteiger partial charge in [-0.3, -0.25) is 4.79 Å². The first kappa shape index (κ1) is 19.8. The zero-order chi connectivity index (χ0) is 20.7. The van der Waals surface area contributed by atoms with Crippen molar-refractivity contribution >= 4 is 40.1 Å². The van der Waals surface area contributed by atoms with E-state index in [4.69, 9.17) is 23.2 Å². The van der Waals surface area contributed by atoms with E-state index in [9.17, 15) is 18.7 Å². The van der Waals surface area contributed by atoms with E-state index in [1.54, 1.807) is 23.1 Å². The van der Waals surface area contributed by atoms with Crippen molar-refractivity contribution in [2.75, 3.05) is 6.54 Å². The Morgan fingerprint density at radius 1 is 1.14 bits per heavy atom. The van der Waals surface area contributed by atoms with E-state index >= 15 is 0 Å². The Kier molecular flexibility index (Phi) is 5.27. The van der Waals surface area contributed by atoms with Crippen molar-refractivity contribution in [3.8, 4) is 5.88 Å². The lowest BCUT2D eigenvalue weighted by molar-refractivity contribution is 0.0726. The zero-order valence-electron chi connectivity index (χ0n) is 15.0. The minimum atomic E-state index is -0.960. The average Bonchev–Trinajstić information content (AvgIpc) is 3.08. The molecule has 150 valence electrons. The number of halogens is 4. The fraction of sp³-hybridized carbons (Fsp3) is 0.250. The molecule has 2 aromatic carbocycles. The number of nitrogens with zero attached hydrogens (tertiary/aromatic N) is 3. The van der Waals surface area contributed by atoms with E-state index in [0.717, 1.165) is 24.5 Å². The number of carbonyl (C=O) groups excluding carboxylic acids is 1. The lowest BCUT2D eigenvalue weighted by atomic mass is 10.0. The molecule has 3 aromatic rings. The van der Waals surface area contributed by atoms with Gasteiger partial charge in [0.15, 0.2) is 11.5 Å². The molecule has 1 aromatic heterocycles. The Hall–Kier alpha value is -2.51. The van der Waals surface area contributed by atoms with Crippen molar-refractivity contribution in [1.82, 2.24) is 14.9 Å². The number of hydrogen-bond acceptors (Lipinski definition) is 4. The molecule has 0 aliphatic carbocycles. The van der Waals surface area contributed by atoms with Gasteiger partial charge in [0.05, 0.1) is 5.52 Å². The van der Waals surface area contributed by atoms with E-state index in [2.05, 4.69) is 9.97 Å². The minimum Gasteiger partial charge on any atom is -0.492 e. The fourth-order valence-electron chi connectivity index (χ4n) is 3.67. The van der Waals surface area contributed by atoms with Gasteiger partial charge in [0, 0.05) is 34.8 Å². The van der Waals surface area contributed by atoms with Crippen molar-refractivity contribution in [2.45, 2.75) is 25.3 Å². The molecule has 1 aliphatic heterocycles. The number of aromatic hydroxyl groups is 1. The van der Waals surface area contributed by atoms with Crippen LogP contribution in [-0.2, 0) is 6.42 Å². The molecule has 1 amide bonds. The normalized spacial score (nSPS) is 16.6. The Morgan fingerprint density at radius 2 is 1.86 bits per heavy atom. The molecule has 1 N–H and O–H groups in total. The second-order valence-electron chi connectivity index (χ2n) is 6.93. The molecule has 5 nitrogen and oxygen atoms in total. The maximum atomic E-state index is 13.9.